The number of anilines is 1. The van der Waals surface area contributed by atoms with Gasteiger partial charge >= 0.3 is 0 Å². The third kappa shape index (κ3) is 5.70. The number of hydrogen-bond donors (Lipinski definition) is 1. The number of ether oxygens (including phenoxy) is 1. The number of nitrogen functional groups attached to an aromatic ring is 1. The van der Waals surface area contributed by atoms with Crippen molar-refractivity contribution in [3.63, 3.8) is 0 Å². The highest BCUT2D eigenvalue weighted by Gasteiger charge is 2.45. The van der Waals surface area contributed by atoms with Crippen molar-refractivity contribution < 1.29 is 18.3 Å². The van der Waals surface area contributed by atoms with E-state index in [0.717, 1.165) is 24.1 Å². The Labute approximate surface area is 199 Å². The van der Waals surface area contributed by atoms with Crippen molar-refractivity contribution in [3.05, 3.63) is 53.7 Å². The minimum Gasteiger partial charge on any atom is -0.384 e. The molecule has 2 aromatic rings. The number of piperidine rings is 2. The lowest BCUT2D eigenvalue weighted by Gasteiger charge is -2.41. The number of nitrogens with two attached hydrogens (primary N) is 1. The summed E-state index contributed by atoms with van der Waals surface area (Å²) >= 11 is 0. The Hall–Kier alpha value is -2.65. The summed E-state index contributed by atoms with van der Waals surface area (Å²) in [6, 6.07) is 6.83. The maximum absolute atomic E-state index is 15.7. The lowest BCUT2D eigenvalue weighted by molar-refractivity contribution is -0.149. The zero-order valence-corrected chi connectivity index (χ0v) is 19.6. The quantitative estimate of drug-likeness (QED) is 0.665. The molecule has 0 radical (unpaired) electrons. The molecule has 0 aliphatic carbocycles. The molecular formula is C25H33F2N5O2. The molecule has 7 nitrogen and oxygen atoms in total. The van der Waals surface area contributed by atoms with Crippen molar-refractivity contribution >= 4 is 11.7 Å². The Balaban J connectivity index is 1.30. The van der Waals surface area contributed by atoms with Crippen LogP contribution in [0.2, 0.25) is 0 Å². The van der Waals surface area contributed by atoms with Gasteiger partial charge in [0.1, 0.15) is 11.6 Å². The molecule has 34 heavy (non-hydrogen) atoms. The van der Waals surface area contributed by atoms with Crippen molar-refractivity contribution in [1.29, 1.82) is 0 Å². The van der Waals surface area contributed by atoms with Crippen LogP contribution < -0.4 is 5.73 Å². The molecule has 9 heteroatoms. The number of pyridine rings is 2. The largest absolute Gasteiger partial charge is 0.384 e. The highest BCUT2D eigenvalue weighted by molar-refractivity contribution is 5.85. The molecule has 1 unspecified atom stereocenters. The Bertz CT molecular complexity index is 958. The van der Waals surface area contributed by atoms with Crippen LogP contribution in [0.4, 0.5) is 14.6 Å². The Morgan fingerprint density at radius 2 is 1.94 bits per heavy atom. The standard InChI is InChI=1S/C25H33F2N5O2/c1-34-17-21(22-3-2-20(26)15-30-22)19-5-10-32(11-6-19)24(33)25(27)7-12-31(13-8-25)16-18-4-9-29-23(28)14-18/h2-4,9,14-15,19,21H,5-8,10-13,16-17H2,1H3,(H2,28,29). The summed E-state index contributed by atoms with van der Waals surface area (Å²) in [5.74, 6) is -0.0258. The minimum absolute atomic E-state index is 0.0210. The number of halogens is 2. The van der Waals surface area contributed by atoms with Crippen LogP contribution in [0.25, 0.3) is 0 Å². The SMILES string of the molecule is COCC(c1ccc(F)cn1)C1CCN(C(=O)C2(F)CCN(Cc3ccnc(N)c3)CC2)CC1. The Morgan fingerprint density at radius 1 is 1.21 bits per heavy atom. The third-order valence-corrected chi connectivity index (χ3v) is 7.16. The van der Waals surface area contributed by atoms with Gasteiger partial charge in [-0.1, -0.05) is 0 Å². The first kappa shape index (κ1) is 24.5. The maximum atomic E-state index is 15.7. The van der Waals surface area contributed by atoms with E-state index in [1.807, 2.05) is 12.1 Å². The van der Waals surface area contributed by atoms with Crippen molar-refractivity contribution in [1.82, 2.24) is 19.8 Å². The van der Waals surface area contributed by atoms with Gasteiger partial charge in [0.2, 0.25) is 0 Å². The Kier molecular flexibility index (Phi) is 7.73. The molecule has 1 amide bonds. The highest BCUT2D eigenvalue weighted by atomic mass is 19.1. The molecule has 4 heterocycles. The summed E-state index contributed by atoms with van der Waals surface area (Å²) in [7, 11) is 1.64. The molecule has 2 fully saturated rings. The molecule has 0 bridgehead atoms. The van der Waals surface area contributed by atoms with Gasteiger partial charge in [-0.25, -0.2) is 13.8 Å². The van der Waals surface area contributed by atoms with E-state index in [2.05, 4.69) is 14.9 Å². The van der Waals surface area contributed by atoms with Crippen LogP contribution in [0.3, 0.4) is 0 Å². The Morgan fingerprint density at radius 3 is 2.56 bits per heavy atom. The lowest BCUT2D eigenvalue weighted by Crippen LogP contribution is -2.54. The first-order valence-corrected chi connectivity index (χ1v) is 11.9. The number of methoxy groups -OCH3 is 1. The molecule has 1 atom stereocenters. The molecule has 2 aromatic heterocycles. The number of aromatic nitrogens is 2. The van der Waals surface area contributed by atoms with E-state index in [0.29, 0.717) is 45.1 Å². The second-order valence-corrected chi connectivity index (χ2v) is 9.42. The van der Waals surface area contributed by atoms with Crippen molar-refractivity contribution in [2.45, 2.75) is 43.8 Å². The molecule has 4 rings (SSSR count). The zero-order chi connectivity index (χ0) is 24.1. The average molecular weight is 474 g/mol. The summed E-state index contributed by atoms with van der Waals surface area (Å²) in [5.41, 5.74) is 5.76. The number of carbonyl (C=O) groups is 1. The number of nitrogens with zero attached hydrogens (tertiary/aromatic N) is 4. The van der Waals surface area contributed by atoms with E-state index >= 15 is 4.39 Å². The van der Waals surface area contributed by atoms with Crippen LogP contribution in [-0.2, 0) is 16.1 Å². The summed E-state index contributed by atoms with van der Waals surface area (Å²) < 4.78 is 34.4. The third-order valence-electron chi connectivity index (χ3n) is 7.16. The molecule has 184 valence electrons. The summed E-state index contributed by atoms with van der Waals surface area (Å²) in [6.45, 7) is 3.21. The van der Waals surface area contributed by atoms with Gasteiger partial charge in [-0.2, -0.15) is 0 Å². The number of alkyl halides is 1. The first-order chi connectivity index (χ1) is 16.4. The van der Waals surface area contributed by atoms with Gasteiger partial charge in [0.05, 0.1) is 12.8 Å². The van der Waals surface area contributed by atoms with Gasteiger partial charge in [0.15, 0.2) is 5.67 Å². The monoisotopic (exact) mass is 473 g/mol. The minimum atomic E-state index is -1.81. The second-order valence-electron chi connectivity index (χ2n) is 9.42. The van der Waals surface area contributed by atoms with Crippen molar-refractivity contribution in [2.75, 3.05) is 45.6 Å². The van der Waals surface area contributed by atoms with Crippen LogP contribution >= 0.6 is 0 Å². The number of rotatable bonds is 7. The summed E-state index contributed by atoms with van der Waals surface area (Å²) in [5, 5.41) is 0. The van der Waals surface area contributed by atoms with Crippen LogP contribution in [0.15, 0.2) is 36.7 Å². The van der Waals surface area contributed by atoms with E-state index < -0.39 is 5.67 Å². The van der Waals surface area contributed by atoms with Crippen LogP contribution in [0.5, 0.6) is 0 Å². The maximum Gasteiger partial charge on any atom is 0.260 e. The van der Waals surface area contributed by atoms with Crippen LogP contribution in [0, 0.1) is 11.7 Å². The molecule has 2 aliphatic heterocycles. The van der Waals surface area contributed by atoms with Gasteiger partial charge in [0.25, 0.3) is 5.91 Å². The number of hydrogen-bond acceptors (Lipinski definition) is 6. The molecule has 2 aliphatic rings. The highest BCUT2D eigenvalue weighted by Crippen LogP contribution is 2.35. The van der Waals surface area contributed by atoms with E-state index in [-0.39, 0.29) is 36.4 Å². The lowest BCUT2D eigenvalue weighted by atomic mass is 9.81. The summed E-state index contributed by atoms with van der Waals surface area (Å²) in [6.07, 6.45) is 4.76. The first-order valence-electron chi connectivity index (χ1n) is 11.9. The normalized spacial score (nSPS) is 20.3. The van der Waals surface area contributed by atoms with Crippen molar-refractivity contribution in [2.24, 2.45) is 5.92 Å². The molecule has 0 spiro atoms. The predicted molar refractivity (Wildman–Crippen MR) is 125 cm³/mol. The number of amides is 1. The average Bonchev–Trinajstić information content (AvgIpc) is 2.84. The fourth-order valence-electron chi connectivity index (χ4n) is 5.17. The van der Waals surface area contributed by atoms with E-state index in [1.54, 1.807) is 24.3 Å². The van der Waals surface area contributed by atoms with Gasteiger partial charge in [-0.3, -0.25) is 14.7 Å². The fraction of sp³-hybridized carbons (Fsp3) is 0.560. The van der Waals surface area contributed by atoms with E-state index in [9.17, 15) is 9.18 Å². The topological polar surface area (TPSA) is 84.6 Å². The number of likely N-dealkylation sites (tertiary alicyclic amines) is 2. The molecule has 2 N–H and O–H groups in total. The molecular weight excluding hydrogens is 440 g/mol. The number of carbonyl (C=O) groups excluding carboxylic acids is 1. The predicted octanol–water partition coefficient (Wildman–Crippen LogP) is 3.17. The van der Waals surface area contributed by atoms with Crippen LogP contribution in [-0.4, -0.2) is 71.2 Å². The van der Waals surface area contributed by atoms with Gasteiger partial charge in [-0.15, -0.1) is 0 Å². The van der Waals surface area contributed by atoms with Gasteiger partial charge in [-0.05, 0) is 48.6 Å². The molecule has 2 saturated heterocycles. The smallest absolute Gasteiger partial charge is 0.260 e. The van der Waals surface area contributed by atoms with Crippen LogP contribution in [0.1, 0.15) is 42.9 Å². The summed E-state index contributed by atoms with van der Waals surface area (Å²) in [4.78, 5) is 25.2. The molecule has 0 saturated carbocycles. The second kappa shape index (κ2) is 10.7. The van der Waals surface area contributed by atoms with E-state index in [4.69, 9.17) is 10.5 Å². The molecule has 0 aromatic carbocycles. The van der Waals surface area contributed by atoms with Gasteiger partial charge < -0.3 is 15.4 Å². The van der Waals surface area contributed by atoms with Crippen molar-refractivity contribution in [3.8, 4) is 0 Å². The van der Waals surface area contributed by atoms with Gasteiger partial charge in [0, 0.05) is 70.5 Å². The zero-order valence-electron chi connectivity index (χ0n) is 19.6. The van der Waals surface area contributed by atoms with E-state index in [1.165, 1.54) is 12.3 Å². The fourth-order valence-corrected chi connectivity index (χ4v) is 5.17.